The third-order valence-corrected chi connectivity index (χ3v) is 5.75. The Hall–Kier alpha value is -2.40. The van der Waals surface area contributed by atoms with Gasteiger partial charge in [0.15, 0.2) is 17.5 Å². The van der Waals surface area contributed by atoms with E-state index in [9.17, 15) is 0 Å². The van der Waals surface area contributed by atoms with Gasteiger partial charge in [-0.2, -0.15) is 5.10 Å². The van der Waals surface area contributed by atoms with Crippen LogP contribution in [0.25, 0.3) is 0 Å². The molecule has 170 valence electrons. The van der Waals surface area contributed by atoms with Crippen molar-refractivity contribution in [1.82, 2.24) is 15.1 Å². The van der Waals surface area contributed by atoms with Crippen molar-refractivity contribution in [2.45, 2.75) is 17.9 Å². The highest BCUT2D eigenvalue weighted by molar-refractivity contribution is 14.0. The number of ether oxygens (including phenoxy) is 2. The highest BCUT2D eigenvalue weighted by atomic mass is 127. The third-order valence-electron chi connectivity index (χ3n) is 4.74. The number of halogens is 1. The molecule has 1 aliphatic rings. The summed E-state index contributed by atoms with van der Waals surface area (Å²) in [6.45, 7) is 2.65. The van der Waals surface area contributed by atoms with E-state index in [4.69, 9.17) is 14.5 Å². The molecule has 0 saturated heterocycles. The molecule has 1 aromatic heterocycles. The lowest BCUT2D eigenvalue weighted by Gasteiger charge is -2.14. The standard InChI is InChI=1S/C23H27N5O2S.HI/c1-28-19(10-11-26-28)17-25-23(24-12-15-31-20-6-3-2-4-7-20)27-18-8-9-21-22(16-18)30-14-5-13-29-21;/h2-4,6-11,16H,5,12-15,17H2,1H3,(H2,24,25,27);1H. The molecule has 0 unspecified atom stereocenters. The van der Waals surface area contributed by atoms with Crippen LogP contribution in [0.1, 0.15) is 12.1 Å². The van der Waals surface area contributed by atoms with Crippen LogP contribution in [0.5, 0.6) is 11.5 Å². The van der Waals surface area contributed by atoms with E-state index in [2.05, 4.69) is 40.0 Å². The van der Waals surface area contributed by atoms with E-state index in [1.165, 1.54) is 4.90 Å². The molecule has 0 spiro atoms. The van der Waals surface area contributed by atoms with Gasteiger partial charge in [0.25, 0.3) is 0 Å². The van der Waals surface area contributed by atoms with Crippen LogP contribution in [0.3, 0.4) is 0 Å². The highest BCUT2D eigenvalue weighted by Crippen LogP contribution is 2.32. The molecule has 2 heterocycles. The lowest BCUT2D eigenvalue weighted by atomic mass is 10.3. The number of benzene rings is 2. The summed E-state index contributed by atoms with van der Waals surface area (Å²) >= 11 is 1.81. The Kier molecular flexibility index (Phi) is 9.54. The Morgan fingerprint density at radius 1 is 1.09 bits per heavy atom. The summed E-state index contributed by atoms with van der Waals surface area (Å²) in [7, 11) is 1.92. The quantitative estimate of drug-likeness (QED) is 0.144. The normalized spacial score (nSPS) is 13.1. The first-order valence-corrected chi connectivity index (χ1v) is 11.4. The predicted octanol–water partition coefficient (Wildman–Crippen LogP) is 4.55. The number of aryl methyl sites for hydroxylation is 1. The van der Waals surface area contributed by atoms with E-state index >= 15 is 0 Å². The number of aromatic nitrogens is 2. The molecule has 0 radical (unpaired) electrons. The zero-order valence-electron chi connectivity index (χ0n) is 18.0. The van der Waals surface area contributed by atoms with E-state index in [0.717, 1.165) is 41.6 Å². The van der Waals surface area contributed by atoms with E-state index in [0.29, 0.717) is 25.7 Å². The summed E-state index contributed by atoms with van der Waals surface area (Å²) in [5.41, 5.74) is 1.94. The summed E-state index contributed by atoms with van der Waals surface area (Å²) in [4.78, 5) is 6.01. The van der Waals surface area contributed by atoms with Crippen molar-refractivity contribution in [3.8, 4) is 11.5 Å². The second-order valence-corrected chi connectivity index (χ2v) is 8.20. The van der Waals surface area contributed by atoms with E-state index in [1.54, 1.807) is 6.20 Å². The fourth-order valence-electron chi connectivity index (χ4n) is 3.09. The SMILES string of the molecule is Cn1nccc1CN=C(NCCSc1ccccc1)Nc1ccc2c(c1)OCCCO2.I. The molecule has 32 heavy (non-hydrogen) atoms. The average molecular weight is 565 g/mol. The monoisotopic (exact) mass is 565 g/mol. The molecule has 4 rings (SSSR count). The van der Waals surface area contributed by atoms with Gasteiger partial charge < -0.3 is 20.1 Å². The van der Waals surface area contributed by atoms with Gasteiger partial charge in [-0.1, -0.05) is 18.2 Å². The second kappa shape index (κ2) is 12.6. The minimum atomic E-state index is 0. The molecule has 0 saturated carbocycles. The first-order valence-electron chi connectivity index (χ1n) is 10.4. The van der Waals surface area contributed by atoms with Crippen molar-refractivity contribution in [2.24, 2.45) is 12.0 Å². The molecule has 2 aromatic carbocycles. The maximum atomic E-state index is 5.81. The Balaban J connectivity index is 0.00000289. The zero-order chi connectivity index (χ0) is 21.3. The number of thioether (sulfide) groups is 1. The Labute approximate surface area is 210 Å². The molecule has 0 atom stereocenters. The van der Waals surface area contributed by atoms with Gasteiger partial charge in [-0.05, 0) is 30.3 Å². The third kappa shape index (κ3) is 7.06. The summed E-state index contributed by atoms with van der Waals surface area (Å²) in [5.74, 6) is 3.18. The van der Waals surface area contributed by atoms with Gasteiger partial charge in [0.1, 0.15) is 0 Å². The summed E-state index contributed by atoms with van der Waals surface area (Å²) in [6, 6.07) is 18.2. The van der Waals surface area contributed by atoms with Crippen LogP contribution in [0.15, 0.2) is 70.7 Å². The molecule has 2 N–H and O–H groups in total. The van der Waals surface area contributed by atoms with Crippen molar-refractivity contribution in [2.75, 3.05) is 30.8 Å². The Morgan fingerprint density at radius 3 is 2.69 bits per heavy atom. The molecule has 0 bridgehead atoms. The van der Waals surface area contributed by atoms with Gasteiger partial charge >= 0.3 is 0 Å². The highest BCUT2D eigenvalue weighted by Gasteiger charge is 2.11. The smallest absolute Gasteiger partial charge is 0.196 e. The first-order chi connectivity index (χ1) is 15.3. The van der Waals surface area contributed by atoms with Gasteiger partial charge in [-0.3, -0.25) is 4.68 Å². The zero-order valence-corrected chi connectivity index (χ0v) is 21.1. The van der Waals surface area contributed by atoms with Crippen molar-refractivity contribution in [3.05, 3.63) is 66.5 Å². The number of nitrogens with one attached hydrogen (secondary N) is 2. The Morgan fingerprint density at radius 2 is 1.91 bits per heavy atom. The maximum Gasteiger partial charge on any atom is 0.196 e. The van der Waals surface area contributed by atoms with Crippen LogP contribution < -0.4 is 20.1 Å². The van der Waals surface area contributed by atoms with Crippen molar-refractivity contribution >= 4 is 47.4 Å². The van der Waals surface area contributed by atoms with E-state index in [1.807, 2.05) is 53.8 Å². The van der Waals surface area contributed by atoms with Crippen molar-refractivity contribution in [1.29, 1.82) is 0 Å². The van der Waals surface area contributed by atoms with Gasteiger partial charge in [0.05, 0.1) is 25.5 Å². The van der Waals surface area contributed by atoms with Gasteiger partial charge in [0, 0.05) is 48.6 Å². The fraction of sp³-hybridized carbons (Fsp3) is 0.304. The Bertz CT molecular complexity index is 1010. The van der Waals surface area contributed by atoms with Gasteiger partial charge in [0.2, 0.25) is 0 Å². The molecule has 0 aliphatic carbocycles. The molecule has 1 aliphatic heterocycles. The van der Waals surface area contributed by atoms with Crippen LogP contribution >= 0.6 is 35.7 Å². The molecule has 0 fully saturated rings. The summed E-state index contributed by atoms with van der Waals surface area (Å²) < 4.78 is 13.4. The number of aliphatic imine (C=N–C) groups is 1. The molecular weight excluding hydrogens is 537 g/mol. The topological polar surface area (TPSA) is 72.7 Å². The van der Waals surface area contributed by atoms with Crippen LogP contribution in [-0.4, -0.2) is 41.3 Å². The first kappa shape index (κ1) is 24.2. The number of anilines is 1. The number of rotatable bonds is 7. The number of hydrogen-bond acceptors (Lipinski definition) is 5. The van der Waals surface area contributed by atoms with Crippen LogP contribution in [0, 0.1) is 0 Å². The molecule has 7 nitrogen and oxygen atoms in total. The lowest BCUT2D eigenvalue weighted by molar-refractivity contribution is 0.297. The van der Waals surface area contributed by atoms with Crippen molar-refractivity contribution in [3.63, 3.8) is 0 Å². The summed E-state index contributed by atoms with van der Waals surface area (Å²) in [6.07, 6.45) is 2.67. The van der Waals surface area contributed by atoms with Crippen molar-refractivity contribution < 1.29 is 9.47 Å². The van der Waals surface area contributed by atoms with Gasteiger partial charge in [-0.15, -0.1) is 35.7 Å². The number of nitrogens with zero attached hydrogens (tertiary/aromatic N) is 3. The van der Waals surface area contributed by atoms with E-state index < -0.39 is 0 Å². The molecule has 3 aromatic rings. The summed E-state index contributed by atoms with van der Waals surface area (Å²) in [5, 5.41) is 11.0. The second-order valence-electron chi connectivity index (χ2n) is 7.04. The molecular formula is C23H28IN5O2S. The average Bonchev–Trinajstić information content (AvgIpc) is 3.06. The van der Waals surface area contributed by atoms with Gasteiger partial charge in [-0.25, -0.2) is 4.99 Å². The minimum Gasteiger partial charge on any atom is -0.490 e. The number of guanidine groups is 1. The van der Waals surface area contributed by atoms with Crippen LogP contribution in [0.2, 0.25) is 0 Å². The van der Waals surface area contributed by atoms with E-state index in [-0.39, 0.29) is 24.0 Å². The predicted molar refractivity (Wildman–Crippen MR) is 141 cm³/mol. The maximum absolute atomic E-state index is 5.81. The lowest BCUT2D eigenvalue weighted by Crippen LogP contribution is -2.32. The minimum absolute atomic E-state index is 0. The van der Waals surface area contributed by atoms with Crippen LogP contribution in [0.4, 0.5) is 5.69 Å². The van der Waals surface area contributed by atoms with Crippen LogP contribution in [-0.2, 0) is 13.6 Å². The number of fused-ring (bicyclic) bond motifs is 1. The molecule has 9 heteroatoms. The largest absolute Gasteiger partial charge is 0.490 e. The number of hydrogen-bond donors (Lipinski definition) is 2. The fourth-order valence-corrected chi connectivity index (χ4v) is 3.88. The molecule has 0 amide bonds.